The van der Waals surface area contributed by atoms with Gasteiger partial charge in [0.05, 0.1) is 18.5 Å². The van der Waals surface area contributed by atoms with Gasteiger partial charge in [-0.3, -0.25) is 0 Å². The highest BCUT2D eigenvalue weighted by Gasteiger charge is 2.11. The minimum Gasteiger partial charge on any atom is -0.463 e. The Morgan fingerprint density at radius 2 is 2.07 bits per heavy atom. The smallest absolute Gasteiger partial charge is 0.336 e. The predicted octanol–water partition coefficient (Wildman–Crippen LogP) is 2.65. The molecule has 0 saturated heterocycles. The van der Waals surface area contributed by atoms with Crippen molar-refractivity contribution in [2.24, 2.45) is 0 Å². The van der Waals surface area contributed by atoms with Crippen LogP contribution in [0.25, 0.3) is 0 Å². The Hall–Kier alpha value is -1.64. The van der Waals surface area contributed by atoms with Gasteiger partial charge in [0.2, 0.25) is 0 Å². The normalized spacial score (nSPS) is 11.2. The molecule has 1 rings (SSSR count). The Morgan fingerprint density at radius 1 is 1.40 bits per heavy atom. The van der Waals surface area contributed by atoms with Crippen LogP contribution < -0.4 is 0 Å². The van der Waals surface area contributed by atoms with E-state index >= 15 is 0 Å². The van der Waals surface area contributed by atoms with Gasteiger partial charge in [-0.2, -0.15) is 0 Å². The first-order valence-electron chi connectivity index (χ1n) is 4.78. The third kappa shape index (κ3) is 3.54. The summed E-state index contributed by atoms with van der Waals surface area (Å²) in [7, 11) is 0. The first-order chi connectivity index (χ1) is 7.27. The summed E-state index contributed by atoms with van der Waals surface area (Å²) in [5.74, 6) is -0.594. The molecule has 0 aromatic heterocycles. The Bertz CT molecular complexity index is 344. The Labute approximate surface area is 88.4 Å². The molecule has 0 radical (unpaired) electrons. The molecule has 3 heteroatoms. The molecule has 0 bridgehead atoms. The molecular formula is C12H13FO2. The molecule has 1 aromatic rings. The van der Waals surface area contributed by atoms with Crippen molar-refractivity contribution in [3.05, 3.63) is 47.8 Å². The number of rotatable bonds is 4. The van der Waals surface area contributed by atoms with Crippen molar-refractivity contribution in [2.45, 2.75) is 13.3 Å². The summed E-state index contributed by atoms with van der Waals surface area (Å²) >= 11 is 0. The van der Waals surface area contributed by atoms with Crippen LogP contribution >= 0.6 is 0 Å². The molecule has 0 aliphatic rings. The number of carbonyl (C=O) groups is 1. The van der Waals surface area contributed by atoms with Gasteiger partial charge in [-0.05, 0) is 12.5 Å². The number of esters is 1. The first kappa shape index (κ1) is 11.4. The van der Waals surface area contributed by atoms with Gasteiger partial charge in [-0.15, -0.1) is 0 Å². The van der Waals surface area contributed by atoms with Gasteiger partial charge in [0.25, 0.3) is 0 Å². The van der Waals surface area contributed by atoms with Crippen molar-refractivity contribution in [3.63, 3.8) is 0 Å². The van der Waals surface area contributed by atoms with Crippen molar-refractivity contribution < 1.29 is 13.9 Å². The van der Waals surface area contributed by atoms with E-state index in [2.05, 4.69) is 0 Å². The summed E-state index contributed by atoms with van der Waals surface area (Å²) in [4.78, 5) is 11.2. The Kier molecular flexibility index (Phi) is 4.54. The summed E-state index contributed by atoms with van der Waals surface area (Å²) in [6, 6.07) is 9.23. The highest BCUT2D eigenvalue weighted by Crippen LogP contribution is 2.09. The van der Waals surface area contributed by atoms with Crippen LogP contribution in [0.5, 0.6) is 0 Å². The summed E-state index contributed by atoms with van der Waals surface area (Å²) in [5.41, 5.74) is 0.928. The second-order valence-electron chi connectivity index (χ2n) is 3.02. The van der Waals surface area contributed by atoms with Crippen molar-refractivity contribution in [2.75, 3.05) is 6.61 Å². The number of hydrogen-bond donors (Lipinski definition) is 0. The van der Waals surface area contributed by atoms with Crippen LogP contribution in [0.2, 0.25) is 0 Å². The van der Waals surface area contributed by atoms with Gasteiger partial charge in [0.15, 0.2) is 0 Å². The molecule has 15 heavy (non-hydrogen) atoms. The highest BCUT2D eigenvalue weighted by molar-refractivity contribution is 5.88. The van der Waals surface area contributed by atoms with E-state index in [0.717, 1.165) is 5.56 Å². The molecule has 0 N–H and O–H groups in total. The van der Waals surface area contributed by atoms with E-state index in [9.17, 15) is 9.18 Å². The predicted molar refractivity (Wildman–Crippen MR) is 56.0 cm³/mol. The monoisotopic (exact) mass is 208 g/mol. The molecule has 2 nitrogen and oxygen atoms in total. The van der Waals surface area contributed by atoms with Gasteiger partial charge >= 0.3 is 5.97 Å². The standard InChI is InChI=1S/C12H13FO2/c1-2-15-12(14)11(9-13)8-10-6-4-3-5-7-10/h3-7,9H,2,8H2,1H3/b11-9+. The molecule has 0 aliphatic heterocycles. The molecule has 0 aliphatic carbocycles. The molecule has 0 fully saturated rings. The average Bonchev–Trinajstić information content (AvgIpc) is 2.27. The lowest BCUT2D eigenvalue weighted by Crippen LogP contribution is -2.09. The van der Waals surface area contributed by atoms with Crippen molar-refractivity contribution in [3.8, 4) is 0 Å². The molecule has 80 valence electrons. The number of ether oxygens (including phenoxy) is 1. The lowest BCUT2D eigenvalue weighted by Gasteiger charge is -2.04. The Balaban J connectivity index is 2.67. The van der Waals surface area contributed by atoms with Crippen LogP contribution in [0.15, 0.2) is 42.2 Å². The maximum atomic E-state index is 12.5. The van der Waals surface area contributed by atoms with Gasteiger partial charge in [-0.25, -0.2) is 9.18 Å². The molecule has 0 amide bonds. The van der Waals surface area contributed by atoms with E-state index in [1.807, 2.05) is 30.3 Å². The van der Waals surface area contributed by atoms with Gasteiger partial charge in [0.1, 0.15) is 0 Å². The van der Waals surface area contributed by atoms with Crippen LogP contribution in [-0.4, -0.2) is 12.6 Å². The third-order valence-corrected chi connectivity index (χ3v) is 1.91. The van der Waals surface area contributed by atoms with Crippen LogP contribution in [0.1, 0.15) is 12.5 Å². The van der Waals surface area contributed by atoms with Crippen molar-refractivity contribution in [1.29, 1.82) is 0 Å². The largest absolute Gasteiger partial charge is 0.463 e. The topological polar surface area (TPSA) is 26.3 Å². The highest BCUT2D eigenvalue weighted by atomic mass is 19.1. The Morgan fingerprint density at radius 3 is 2.60 bits per heavy atom. The molecule has 0 unspecified atom stereocenters. The molecule has 0 saturated carbocycles. The summed E-state index contributed by atoms with van der Waals surface area (Å²) in [6.07, 6.45) is 0.571. The zero-order valence-corrected chi connectivity index (χ0v) is 8.57. The second-order valence-corrected chi connectivity index (χ2v) is 3.02. The molecule has 0 spiro atoms. The van der Waals surface area contributed by atoms with Crippen molar-refractivity contribution >= 4 is 5.97 Å². The van der Waals surface area contributed by atoms with Gasteiger partial charge in [-0.1, -0.05) is 30.3 Å². The lowest BCUT2D eigenvalue weighted by atomic mass is 10.1. The molecule has 0 atom stereocenters. The number of hydrogen-bond acceptors (Lipinski definition) is 2. The second kappa shape index (κ2) is 5.96. The summed E-state index contributed by atoms with van der Waals surface area (Å²) in [5, 5.41) is 0. The van der Waals surface area contributed by atoms with Crippen LogP contribution in [0.3, 0.4) is 0 Å². The lowest BCUT2D eigenvalue weighted by molar-refractivity contribution is -0.138. The van der Waals surface area contributed by atoms with E-state index in [4.69, 9.17) is 4.74 Å². The summed E-state index contributed by atoms with van der Waals surface area (Å²) in [6.45, 7) is 1.95. The van der Waals surface area contributed by atoms with Crippen molar-refractivity contribution in [1.82, 2.24) is 0 Å². The third-order valence-electron chi connectivity index (χ3n) is 1.91. The van der Waals surface area contributed by atoms with E-state index in [1.165, 1.54) is 0 Å². The number of benzene rings is 1. The quantitative estimate of drug-likeness (QED) is 0.561. The number of halogens is 1. The summed E-state index contributed by atoms with van der Waals surface area (Å²) < 4.78 is 17.2. The van der Waals surface area contributed by atoms with Gasteiger partial charge < -0.3 is 4.74 Å². The fraction of sp³-hybridized carbons (Fsp3) is 0.250. The maximum absolute atomic E-state index is 12.5. The average molecular weight is 208 g/mol. The van der Waals surface area contributed by atoms with E-state index in [1.54, 1.807) is 6.92 Å². The first-order valence-corrected chi connectivity index (χ1v) is 4.78. The van der Waals surface area contributed by atoms with E-state index in [-0.39, 0.29) is 18.6 Å². The zero-order chi connectivity index (χ0) is 11.1. The number of carbonyl (C=O) groups excluding carboxylic acids is 1. The SMILES string of the molecule is CCOC(=O)/C(=C/F)Cc1ccccc1. The minimum atomic E-state index is -0.594. The minimum absolute atomic E-state index is 0.0445. The van der Waals surface area contributed by atoms with E-state index in [0.29, 0.717) is 6.33 Å². The molecular weight excluding hydrogens is 195 g/mol. The fourth-order valence-electron chi connectivity index (χ4n) is 1.19. The maximum Gasteiger partial charge on any atom is 0.336 e. The fourth-order valence-corrected chi connectivity index (χ4v) is 1.19. The van der Waals surface area contributed by atoms with Crippen LogP contribution in [0.4, 0.5) is 4.39 Å². The van der Waals surface area contributed by atoms with Crippen LogP contribution in [0, 0.1) is 0 Å². The zero-order valence-electron chi connectivity index (χ0n) is 8.57. The van der Waals surface area contributed by atoms with E-state index < -0.39 is 5.97 Å². The van der Waals surface area contributed by atoms with Crippen LogP contribution in [-0.2, 0) is 16.0 Å². The molecule has 1 aromatic carbocycles. The molecule has 0 heterocycles. The van der Waals surface area contributed by atoms with Gasteiger partial charge in [0, 0.05) is 6.42 Å².